The second-order valence-electron chi connectivity index (χ2n) is 10.1. The molecule has 0 aliphatic carbocycles. The molecular formula is C29H37Cl4N5O4. The molecule has 1 saturated heterocycles. The van der Waals surface area contributed by atoms with E-state index in [-0.39, 0.29) is 37.3 Å². The SMILES string of the molecule is CCCc1nc(C(=O)NCC(O)CN2CCN(c3cccc(Cl)c3Cl)CC2)c(C)n1-c1ccc2c(c1)OCCO2.Cl.Cl. The van der Waals surface area contributed by atoms with E-state index in [0.29, 0.717) is 47.0 Å². The predicted molar refractivity (Wildman–Crippen MR) is 171 cm³/mol. The number of aliphatic hydroxyl groups is 1. The van der Waals surface area contributed by atoms with E-state index >= 15 is 0 Å². The molecule has 3 heterocycles. The number of anilines is 1. The smallest absolute Gasteiger partial charge is 0.271 e. The molecule has 5 rings (SSSR count). The highest BCUT2D eigenvalue weighted by atomic mass is 35.5. The first-order chi connectivity index (χ1) is 19.4. The van der Waals surface area contributed by atoms with E-state index in [4.69, 9.17) is 37.7 Å². The van der Waals surface area contributed by atoms with Crippen molar-refractivity contribution >= 4 is 59.6 Å². The molecule has 2 aliphatic rings. The van der Waals surface area contributed by atoms with Gasteiger partial charge >= 0.3 is 0 Å². The molecule has 230 valence electrons. The molecule has 1 aromatic heterocycles. The molecule has 3 aromatic rings. The number of amides is 1. The Morgan fingerprint density at radius 1 is 1.07 bits per heavy atom. The number of aryl methyl sites for hydroxylation is 1. The summed E-state index contributed by atoms with van der Waals surface area (Å²) in [5, 5.41) is 14.7. The number of hydrogen-bond acceptors (Lipinski definition) is 7. The Kier molecular flexibility index (Phi) is 12.5. The molecule has 1 unspecified atom stereocenters. The number of nitrogens with zero attached hydrogens (tertiary/aromatic N) is 4. The Hall–Kier alpha value is -2.40. The maximum absolute atomic E-state index is 13.2. The van der Waals surface area contributed by atoms with Gasteiger partial charge in [-0.05, 0) is 37.6 Å². The average Bonchev–Trinajstić information content (AvgIpc) is 3.29. The molecule has 1 atom stereocenters. The summed E-state index contributed by atoms with van der Waals surface area (Å²) in [6.45, 7) is 8.69. The van der Waals surface area contributed by atoms with E-state index in [1.807, 2.05) is 41.8 Å². The number of aliphatic hydroxyl groups excluding tert-OH is 1. The van der Waals surface area contributed by atoms with Crippen LogP contribution in [-0.2, 0) is 6.42 Å². The fraction of sp³-hybridized carbons (Fsp3) is 0.448. The number of hydrogen-bond donors (Lipinski definition) is 2. The van der Waals surface area contributed by atoms with E-state index < -0.39 is 6.10 Å². The number of rotatable bonds is 9. The summed E-state index contributed by atoms with van der Waals surface area (Å²) in [4.78, 5) is 22.3. The molecule has 0 radical (unpaired) electrons. The fourth-order valence-corrected chi connectivity index (χ4v) is 5.66. The van der Waals surface area contributed by atoms with Gasteiger partial charge in [0.1, 0.15) is 24.7 Å². The summed E-state index contributed by atoms with van der Waals surface area (Å²) in [7, 11) is 0. The van der Waals surface area contributed by atoms with Crippen molar-refractivity contribution in [1.29, 1.82) is 0 Å². The van der Waals surface area contributed by atoms with Crippen LogP contribution in [0, 0.1) is 6.92 Å². The zero-order chi connectivity index (χ0) is 28.2. The van der Waals surface area contributed by atoms with Crippen molar-refractivity contribution in [2.24, 2.45) is 0 Å². The highest BCUT2D eigenvalue weighted by Crippen LogP contribution is 2.34. The van der Waals surface area contributed by atoms with Crippen molar-refractivity contribution in [3.8, 4) is 17.2 Å². The number of ether oxygens (including phenoxy) is 2. The van der Waals surface area contributed by atoms with Crippen LogP contribution < -0.4 is 19.7 Å². The van der Waals surface area contributed by atoms with Gasteiger partial charge in [-0.1, -0.05) is 36.2 Å². The monoisotopic (exact) mass is 659 g/mol. The third-order valence-electron chi connectivity index (χ3n) is 7.26. The highest BCUT2D eigenvalue weighted by Gasteiger charge is 2.24. The number of fused-ring (bicyclic) bond motifs is 1. The third-order valence-corrected chi connectivity index (χ3v) is 8.07. The van der Waals surface area contributed by atoms with Gasteiger partial charge in [-0.2, -0.15) is 0 Å². The summed E-state index contributed by atoms with van der Waals surface area (Å²) >= 11 is 12.6. The molecule has 2 N–H and O–H groups in total. The van der Waals surface area contributed by atoms with Crippen LogP contribution in [0.5, 0.6) is 11.5 Å². The topological polar surface area (TPSA) is 92.1 Å². The molecule has 42 heavy (non-hydrogen) atoms. The van der Waals surface area contributed by atoms with Crippen LogP contribution in [0.4, 0.5) is 5.69 Å². The molecular weight excluding hydrogens is 624 g/mol. The molecule has 13 heteroatoms. The third kappa shape index (κ3) is 7.56. The number of carbonyl (C=O) groups excluding carboxylic acids is 1. The fourth-order valence-electron chi connectivity index (χ4n) is 5.24. The van der Waals surface area contributed by atoms with E-state index in [1.54, 1.807) is 6.07 Å². The van der Waals surface area contributed by atoms with Crippen molar-refractivity contribution < 1.29 is 19.4 Å². The molecule has 1 amide bonds. The van der Waals surface area contributed by atoms with Crippen molar-refractivity contribution in [1.82, 2.24) is 19.8 Å². The standard InChI is InChI=1S/C29H35Cl2N5O4.2ClH/c1-3-5-26-33-28(19(2)36(26)20-8-9-24-25(16-20)40-15-14-39-24)29(38)32-17-21(37)18-34-10-12-35(13-11-34)23-7-4-6-22(30)27(23)31;;/h4,6-9,16,21,37H,3,5,10-15,17-18H2,1-2H3,(H,32,38);2*1H. The van der Waals surface area contributed by atoms with Crippen molar-refractivity contribution in [2.45, 2.75) is 32.8 Å². The van der Waals surface area contributed by atoms with Gasteiger partial charge in [-0.15, -0.1) is 24.8 Å². The minimum Gasteiger partial charge on any atom is -0.486 e. The lowest BCUT2D eigenvalue weighted by Crippen LogP contribution is -2.50. The van der Waals surface area contributed by atoms with Crippen molar-refractivity contribution in [3.63, 3.8) is 0 Å². The van der Waals surface area contributed by atoms with E-state index in [9.17, 15) is 9.90 Å². The lowest BCUT2D eigenvalue weighted by atomic mass is 10.2. The lowest BCUT2D eigenvalue weighted by molar-refractivity contribution is 0.0847. The predicted octanol–water partition coefficient (Wildman–Crippen LogP) is 4.97. The highest BCUT2D eigenvalue weighted by molar-refractivity contribution is 6.43. The van der Waals surface area contributed by atoms with E-state index in [2.05, 4.69) is 22.0 Å². The normalized spacial score (nSPS) is 15.4. The number of β-amino-alcohol motifs (C(OH)–C–C–N with tert-alkyl or cyclic N) is 1. The van der Waals surface area contributed by atoms with Gasteiger partial charge in [-0.3, -0.25) is 9.69 Å². The second-order valence-corrected chi connectivity index (χ2v) is 10.9. The van der Waals surface area contributed by atoms with Crippen LogP contribution >= 0.6 is 48.0 Å². The zero-order valence-electron chi connectivity index (χ0n) is 23.6. The van der Waals surface area contributed by atoms with Crippen LogP contribution in [-0.4, -0.2) is 84.1 Å². The maximum atomic E-state index is 13.2. The summed E-state index contributed by atoms with van der Waals surface area (Å²) in [5.41, 5.74) is 2.89. The minimum atomic E-state index is -0.708. The van der Waals surface area contributed by atoms with Crippen molar-refractivity contribution in [2.75, 3.05) is 57.4 Å². The van der Waals surface area contributed by atoms with Gasteiger partial charge in [0.15, 0.2) is 11.5 Å². The summed E-state index contributed by atoms with van der Waals surface area (Å²) < 4.78 is 13.4. The van der Waals surface area contributed by atoms with Gasteiger partial charge in [0.2, 0.25) is 0 Å². The first kappa shape index (κ1) is 34.1. The van der Waals surface area contributed by atoms with Crippen LogP contribution in [0.25, 0.3) is 5.69 Å². The zero-order valence-corrected chi connectivity index (χ0v) is 26.8. The first-order valence-electron chi connectivity index (χ1n) is 13.7. The molecule has 0 spiro atoms. The molecule has 0 saturated carbocycles. The Bertz CT molecular complexity index is 1360. The van der Waals surface area contributed by atoms with E-state index in [0.717, 1.165) is 61.9 Å². The first-order valence-corrected chi connectivity index (χ1v) is 14.5. The molecule has 1 fully saturated rings. The quantitative estimate of drug-likeness (QED) is 0.335. The largest absolute Gasteiger partial charge is 0.486 e. The van der Waals surface area contributed by atoms with Crippen LogP contribution in [0.2, 0.25) is 10.0 Å². The van der Waals surface area contributed by atoms with Gasteiger partial charge in [-0.25, -0.2) is 4.98 Å². The number of benzene rings is 2. The molecule has 9 nitrogen and oxygen atoms in total. The van der Waals surface area contributed by atoms with Crippen LogP contribution in [0.3, 0.4) is 0 Å². The molecule has 2 aliphatic heterocycles. The van der Waals surface area contributed by atoms with E-state index in [1.165, 1.54) is 0 Å². The summed E-state index contributed by atoms with van der Waals surface area (Å²) in [5.74, 6) is 1.90. The Balaban J connectivity index is 0.00000242. The van der Waals surface area contributed by atoms with Crippen LogP contribution in [0.15, 0.2) is 36.4 Å². The minimum absolute atomic E-state index is 0. The molecule has 2 aromatic carbocycles. The number of aromatic nitrogens is 2. The number of nitrogens with one attached hydrogen (secondary N) is 1. The number of halogens is 4. The Labute approximate surface area is 268 Å². The summed E-state index contributed by atoms with van der Waals surface area (Å²) in [6.07, 6.45) is 0.898. The Morgan fingerprint density at radius 2 is 1.79 bits per heavy atom. The van der Waals surface area contributed by atoms with Crippen LogP contribution in [0.1, 0.15) is 35.4 Å². The average molecular weight is 661 g/mol. The lowest BCUT2D eigenvalue weighted by Gasteiger charge is -2.37. The number of carbonyl (C=O) groups is 1. The number of imidazole rings is 1. The van der Waals surface area contributed by atoms with Gasteiger partial charge in [0.05, 0.1) is 33.2 Å². The van der Waals surface area contributed by atoms with Gasteiger partial charge in [0.25, 0.3) is 5.91 Å². The Morgan fingerprint density at radius 3 is 2.50 bits per heavy atom. The number of piperazine rings is 1. The maximum Gasteiger partial charge on any atom is 0.271 e. The van der Waals surface area contributed by atoms with Gasteiger partial charge < -0.3 is 29.4 Å². The summed E-state index contributed by atoms with van der Waals surface area (Å²) in [6, 6.07) is 11.4. The van der Waals surface area contributed by atoms with Crippen molar-refractivity contribution in [3.05, 3.63) is 63.7 Å². The van der Waals surface area contributed by atoms with Gasteiger partial charge in [0, 0.05) is 51.8 Å². The second kappa shape index (κ2) is 15.4. The molecule has 0 bridgehead atoms.